The minimum Gasteiger partial charge on any atom is -0.480 e. The summed E-state index contributed by atoms with van der Waals surface area (Å²) in [6.07, 6.45) is 0. The van der Waals surface area contributed by atoms with Gasteiger partial charge < -0.3 is 10.0 Å². The molecule has 76 valence electrons. The maximum absolute atomic E-state index is 10.5. The van der Waals surface area contributed by atoms with E-state index in [1.54, 1.807) is 11.9 Å². The number of aliphatic carboxylic acids is 1. The molecule has 0 atom stereocenters. The lowest BCUT2D eigenvalue weighted by molar-refractivity contribution is -0.135. The Morgan fingerprint density at radius 2 is 1.93 bits per heavy atom. The zero-order valence-corrected chi connectivity index (χ0v) is 8.61. The van der Waals surface area contributed by atoms with Crippen molar-refractivity contribution in [3.8, 4) is 0 Å². The number of hydrogen-bond donors (Lipinski definition) is 1. The van der Waals surface area contributed by atoms with Gasteiger partial charge >= 0.3 is 5.97 Å². The molecule has 0 radical (unpaired) electrons. The maximum Gasteiger partial charge on any atom is 0.323 e. The van der Waals surface area contributed by atoms with Crippen molar-refractivity contribution in [1.29, 1.82) is 0 Å². The van der Waals surface area contributed by atoms with Gasteiger partial charge in [-0.25, -0.2) is 0 Å². The first kappa shape index (κ1) is 10.5. The second kappa shape index (κ2) is 4.09. The third-order valence-corrected chi connectivity index (χ3v) is 1.88. The molecule has 0 saturated heterocycles. The highest BCUT2D eigenvalue weighted by atomic mass is 16.4. The molecule has 0 saturated carbocycles. The van der Waals surface area contributed by atoms with Gasteiger partial charge in [0, 0.05) is 24.1 Å². The highest BCUT2D eigenvalue weighted by Crippen LogP contribution is 2.14. The minimum atomic E-state index is -0.834. The van der Waals surface area contributed by atoms with Crippen LogP contribution in [0.15, 0.2) is 12.1 Å². The molecule has 0 amide bonds. The average molecular weight is 194 g/mol. The van der Waals surface area contributed by atoms with E-state index in [4.69, 9.17) is 5.11 Å². The van der Waals surface area contributed by atoms with Crippen molar-refractivity contribution in [2.75, 3.05) is 18.5 Å². The van der Waals surface area contributed by atoms with Gasteiger partial charge in [-0.05, 0) is 26.0 Å². The zero-order chi connectivity index (χ0) is 10.7. The minimum absolute atomic E-state index is 0.00287. The number of aryl methyl sites for hydroxylation is 2. The van der Waals surface area contributed by atoms with Crippen LogP contribution in [-0.2, 0) is 4.79 Å². The van der Waals surface area contributed by atoms with Gasteiger partial charge in [-0.1, -0.05) is 0 Å². The van der Waals surface area contributed by atoms with Crippen molar-refractivity contribution in [2.45, 2.75) is 13.8 Å². The summed E-state index contributed by atoms with van der Waals surface area (Å²) in [5.74, 6) is -0.834. The summed E-state index contributed by atoms with van der Waals surface area (Å²) in [4.78, 5) is 16.4. The summed E-state index contributed by atoms with van der Waals surface area (Å²) in [5.41, 5.74) is 2.69. The predicted molar refractivity (Wildman–Crippen MR) is 54.6 cm³/mol. The molecule has 0 fully saturated rings. The van der Waals surface area contributed by atoms with Crippen LogP contribution in [0.1, 0.15) is 11.4 Å². The van der Waals surface area contributed by atoms with E-state index in [1.165, 1.54) is 0 Å². The molecule has 0 spiro atoms. The second-order valence-electron chi connectivity index (χ2n) is 3.36. The number of carboxylic acid groups (broad SMARTS) is 1. The van der Waals surface area contributed by atoms with E-state index in [9.17, 15) is 4.79 Å². The van der Waals surface area contributed by atoms with Gasteiger partial charge in [-0.15, -0.1) is 0 Å². The normalized spacial score (nSPS) is 9.93. The SMILES string of the molecule is Cc1cc(N(C)CC(=O)O)cc(C)n1. The molecule has 1 aromatic rings. The molecule has 0 aliphatic rings. The summed E-state index contributed by atoms with van der Waals surface area (Å²) < 4.78 is 0. The molecule has 1 heterocycles. The Kier molecular flexibility index (Phi) is 3.06. The van der Waals surface area contributed by atoms with Gasteiger partial charge in [0.25, 0.3) is 0 Å². The quantitative estimate of drug-likeness (QED) is 0.786. The summed E-state index contributed by atoms with van der Waals surface area (Å²) in [6, 6.07) is 3.74. The number of anilines is 1. The zero-order valence-electron chi connectivity index (χ0n) is 8.61. The average Bonchev–Trinajstić information content (AvgIpc) is 2.00. The molecule has 4 nitrogen and oxygen atoms in total. The van der Waals surface area contributed by atoms with Gasteiger partial charge in [0.05, 0.1) is 0 Å². The van der Waals surface area contributed by atoms with Crippen molar-refractivity contribution in [3.63, 3.8) is 0 Å². The van der Waals surface area contributed by atoms with E-state index in [0.717, 1.165) is 17.1 Å². The molecule has 4 heteroatoms. The largest absolute Gasteiger partial charge is 0.480 e. The van der Waals surface area contributed by atoms with E-state index in [1.807, 2.05) is 26.0 Å². The van der Waals surface area contributed by atoms with Crippen molar-refractivity contribution < 1.29 is 9.90 Å². The number of carboxylic acids is 1. The first-order valence-corrected chi connectivity index (χ1v) is 4.37. The van der Waals surface area contributed by atoms with E-state index in [0.29, 0.717) is 0 Å². The van der Waals surface area contributed by atoms with Crippen LogP contribution in [-0.4, -0.2) is 29.7 Å². The monoisotopic (exact) mass is 194 g/mol. The fourth-order valence-corrected chi connectivity index (χ4v) is 1.33. The standard InChI is InChI=1S/C10H14N2O2/c1-7-4-9(5-8(2)11-7)12(3)6-10(13)14/h4-5H,6H2,1-3H3,(H,13,14). The fourth-order valence-electron chi connectivity index (χ4n) is 1.33. The van der Waals surface area contributed by atoms with Crippen LogP contribution in [0, 0.1) is 13.8 Å². The van der Waals surface area contributed by atoms with Crippen LogP contribution < -0.4 is 4.90 Å². The number of likely N-dealkylation sites (N-methyl/N-ethyl adjacent to an activating group) is 1. The van der Waals surface area contributed by atoms with E-state index < -0.39 is 5.97 Å². The molecule has 0 bridgehead atoms. The third kappa shape index (κ3) is 2.73. The Morgan fingerprint density at radius 1 is 1.43 bits per heavy atom. The lowest BCUT2D eigenvalue weighted by Crippen LogP contribution is -2.25. The molecule has 0 aromatic carbocycles. The van der Waals surface area contributed by atoms with E-state index in [-0.39, 0.29) is 6.54 Å². The third-order valence-electron chi connectivity index (χ3n) is 1.88. The molecular weight excluding hydrogens is 180 g/mol. The van der Waals surface area contributed by atoms with Gasteiger partial charge in [0.1, 0.15) is 6.54 Å². The van der Waals surface area contributed by atoms with Crippen LogP contribution in [0.3, 0.4) is 0 Å². The van der Waals surface area contributed by atoms with Gasteiger partial charge in [0.2, 0.25) is 0 Å². The smallest absolute Gasteiger partial charge is 0.323 e. The highest BCUT2D eigenvalue weighted by Gasteiger charge is 2.06. The summed E-state index contributed by atoms with van der Waals surface area (Å²) in [5, 5.41) is 8.63. The first-order valence-electron chi connectivity index (χ1n) is 4.37. The Morgan fingerprint density at radius 3 is 2.36 bits per heavy atom. The number of aromatic nitrogens is 1. The molecule has 1 aromatic heterocycles. The number of rotatable bonds is 3. The molecule has 0 unspecified atom stereocenters. The van der Waals surface area contributed by atoms with Gasteiger partial charge in [-0.3, -0.25) is 9.78 Å². The molecule has 1 rings (SSSR count). The van der Waals surface area contributed by atoms with Crippen LogP contribution in [0.25, 0.3) is 0 Å². The number of pyridine rings is 1. The maximum atomic E-state index is 10.5. The van der Waals surface area contributed by atoms with Crippen LogP contribution in [0.5, 0.6) is 0 Å². The van der Waals surface area contributed by atoms with Gasteiger partial charge in [0.15, 0.2) is 0 Å². The van der Waals surface area contributed by atoms with Crippen LogP contribution >= 0.6 is 0 Å². The second-order valence-corrected chi connectivity index (χ2v) is 3.36. The van der Waals surface area contributed by atoms with Crippen molar-refractivity contribution in [2.24, 2.45) is 0 Å². The predicted octanol–water partition coefficient (Wildman–Crippen LogP) is 1.22. The number of carbonyl (C=O) groups is 1. The topological polar surface area (TPSA) is 53.4 Å². The number of nitrogens with zero attached hydrogens (tertiary/aromatic N) is 2. The van der Waals surface area contributed by atoms with E-state index >= 15 is 0 Å². The van der Waals surface area contributed by atoms with Crippen molar-refractivity contribution in [1.82, 2.24) is 4.98 Å². The van der Waals surface area contributed by atoms with Crippen LogP contribution in [0.4, 0.5) is 5.69 Å². The van der Waals surface area contributed by atoms with Crippen LogP contribution in [0.2, 0.25) is 0 Å². The van der Waals surface area contributed by atoms with Crippen molar-refractivity contribution in [3.05, 3.63) is 23.5 Å². The van der Waals surface area contributed by atoms with Gasteiger partial charge in [-0.2, -0.15) is 0 Å². The first-order chi connectivity index (χ1) is 6.49. The molecule has 0 aliphatic carbocycles. The lowest BCUT2D eigenvalue weighted by Gasteiger charge is -2.17. The van der Waals surface area contributed by atoms with E-state index in [2.05, 4.69) is 4.98 Å². The molecule has 1 N–H and O–H groups in total. The molecule has 0 aliphatic heterocycles. The molecule has 14 heavy (non-hydrogen) atoms. The summed E-state index contributed by atoms with van der Waals surface area (Å²) in [7, 11) is 1.75. The fraction of sp³-hybridized carbons (Fsp3) is 0.400. The Labute approximate surface area is 83.2 Å². The Bertz CT molecular complexity index is 330. The Hall–Kier alpha value is -1.58. The Balaban J connectivity index is 2.89. The highest BCUT2D eigenvalue weighted by molar-refractivity contribution is 5.73. The van der Waals surface area contributed by atoms with Crippen molar-refractivity contribution >= 4 is 11.7 Å². The summed E-state index contributed by atoms with van der Waals surface area (Å²) >= 11 is 0. The number of hydrogen-bond acceptors (Lipinski definition) is 3. The summed E-state index contributed by atoms with van der Waals surface area (Å²) in [6.45, 7) is 3.79. The lowest BCUT2D eigenvalue weighted by atomic mass is 10.2. The molecular formula is C10H14N2O2.